The standard InChI is InChI=1S/C14H6F14O5/c15-8(9(16,17)31-6-3-1-5(2-4-6)7(29)30)32-14(28,12(23,24)25)33-13(26,27)10(18,19)11(20,21)22/h1-4,8H,(H,29,30). The molecule has 0 aliphatic rings. The number of halogens is 14. The second kappa shape index (κ2) is 8.65. The van der Waals surface area contributed by atoms with Gasteiger partial charge in [0.25, 0.3) is 0 Å². The summed E-state index contributed by atoms with van der Waals surface area (Å²) in [5, 5.41) is 8.58. The largest absolute Gasteiger partial charge is 0.478 e. The molecular weight excluding hydrogens is 514 g/mol. The summed E-state index contributed by atoms with van der Waals surface area (Å²) in [5.74, 6) is -10.4. The second-order valence-corrected chi connectivity index (χ2v) is 5.65. The number of carboxylic acids is 1. The van der Waals surface area contributed by atoms with E-state index < -0.39 is 60.2 Å². The van der Waals surface area contributed by atoms with E-state index in [1.54, 1.807) is 4.74 Å². The first-order valence-corrected chi connectivity index (χ1v) is 7.47. The molecule has 1 N–H and O–H groups in total. The highest BCUT2D eigenvalue weighted by Gasteiger charge is 2.79. The summed E-state index contributed by atoms with van der Waals surface area (Å²) < 4.78 is 187. The van der Waals surface area contributed by atoms with E-state index in [0.29, 0.717) is 24.3 Å². The van der Waals surface area contributed by atoms with Gasteiger partial charge < -0.3 is 9.84 Å². The molecule has 2 atom stereocenters. The van der Waals surface area contributed by atoms with Gasteiger partial charge in [0.1, 0.15) is 5.75 Å². The zero-order valence-corrected chi connectivity index (χ0v) is 14.8. The van der Waals surface area contributed by atoms with Gasteiger partial charge >= 0.3 is 48.9 Å². The minimum absolute atomic E-state index is 0.366. The van der Waals surface area contributed by atoms with Crippen LogP contribution in [0.3, 0.4) is 0 Å². The summed E-state index contributed by atoms with van der Waals surface area (Å²) in [6.07, 6.45) is -32.9. The van der Waals surface area contributed by atoms with Gasteiger partial charge in [-0.05, 0) is 24.3 Å². The highest BCUT2D eigenvalue weighted by Crippen LogP contribution is 2.52. The fourth-order valence-corrected chi connectivity index (χ4v) is 1.61. The fraction of sp³-hybridized carbons (Fsp3) is 0.500. The van der Waals surface area contributed by atoms with Crippen molar-refractivity contribution in [1.82, 2.24) is 0 Å². The molecule has 0 bridgehead atoms. The summed E-state index contributed by atoms with van der Waals surface area (Å²) in [6, 6.07) is -5.17. The molecule has 1 rings (SSSR count). The zero-order chi connectivity index (χ0) is 26.3. The zero-order valence-electron chi connectivity index (χ0n) is 14.8. The first-order valence-electron chi connectivity index (χ1n) is 7.47. The van der Waals surface area contributed by atoms with Crippen LogP contribution in [-0.2, 0) is 9.47 Å². The molecule has 0 saturated heterocycles. The monoisotopic (exact) mass is 520 g/mol. The molecule has 0 saturated carbocycles. The average molecular weight is 520 g/mol. The summed E-state index contributed by atoms with van der Waals surface area (Å²) in [5.41, 5.74) is -0.570. The predicted molar refractivity (Wildman–Crippen MR) is 71.9 cm³/mol. The van der Waals surface area contributed by atoms with Crippen molar-refractivity contribution in [3.8, 4) is 5.75 Å². The van der Waals surface area contributed by atoms with E-state index in [9.17, 15) is 66.3 Å². The normalized spacial score (nSPS) is 16.8. The molecule has 0 aliphatic heterocycles. The van der Waals surface area contributed by atoms with E-state index in [0.717, 1.165) is 0 Å². The third-order valence-corrected chi connectivity index (χ3v) is 3.19. The van der Waals surface area contributed by atoms with Gasteiger partial charge in [0, 0.05) is 0 Å². The van der Waals surface area contributed by atoms with Gasteiger partial charge in [-0.15, -0.1) is 0 Å². The maximum Gasteiger partial charge on any atom is 0.478 e. The van der Waals surface area contributed by atoms with Crippen molar-refractivity contribution in [2.75, 3.05) is 0 Å². The lowest BCUT2D eigenvalue weighted by atomic mass is 10.2. The molecular formula is C14H6F14O5. The Labute approximate surface area is 171 Å². The van der Waals surface area contributed by atoms with Crippen molar-refractivity contribution in [1.29, 1.82) is 0 Å². The van der Waals surface area contributed by atoms with Crippen molar-refractivity contribution < 1.29 is 85.6 Å². The Kier molecular flexibility index (Phi) is 7.46. The summed E-state index contributed by atoms with van der Waals surface area (Å²) in [6.45, 7) is 0. The fourth-order valence-electron chi connectivity index (χ4n) is 1.61. The molecule has 0 aliphatic carbocycles. The molecule has 190 valence electrons. The maximum atomic E-state index is 13.7. The van der Waals surface area contributed by atoms with Crippen molar-refractivity contribution in [3.63, 3.8) is 0 Å². The number of carboxylic acid groups (broad SMARTS) is 1. The summed E-state index contributed by atoms with van der Waals surface area (Å²) in [7, 11) is 0. The maximum absolute atomic E-state index is 13.7. The molecule has 2 unspecified atom stereocenters. The third kappa shape index (κ3) is 6.06. The van der Waals surface area contributed by atoms with Crippen LogP contribution in [0.2, 0.25) is 0 Å². The molecule has 1 aromatic carbocycles. The lowest BCUT2D eigenvalue weighted by molar-refractivity contribution is -0.549. The van der Waals surface area contributed by atoms with Crippen LogP contribution in [0.1, 0.15) is 10.4 Å². The second-order valence-electron chi connectivity index (χ2n) is 5.65. The number of hydrogen-bond donors (Lipinski definition) is 1. The number of carbonyl (C=O) groups is 1. The smallest absolute Gasteiger partial charge is 0.478 e. The van der Waals surface area contributed by atoms with E-state index in [1.807, 2.05) is 0 Å². The Hall–Kier alpha value is -2.57. The Balaban J connectivity index is 3.20. The van der Waals surface area contributed by atoms with Crippen LogP contribution in [0.15, 0.2) is 24.3 Å². The van der Waals surface area contributed by atoms with E-state index in [4.69, 9.17) is 5.11 Å². The van der Waals surface area contributed by atoms with Crippen LogP contribution >= 0.6 is 0 Å². The SMILES string of the molecule is O=C(O)c1ccc(OC(F)(F)C(F)OC(F)(OC(F)(F)C(F)(F)C(F)(F)F)C(F)(F)F)cc1. The Morgan fingerprint density at radius 3 is 1.61 bits per heavy atom. The van der Waals surface area contributed by atoms with Gasteiger partial charge in [0.05, 0.1) is 5.56 Å². The van der Waals surface area contributed by atoms with Gasteiger partial charge in [-0.2, -0.15) is 57.1 Å². The molecule has 19 heteroatoms. The van der Waals surface area contributed by atoms with E-state index in [2.05, 4.69) is 9.47 Å². The van der Waals surface area contributed by atoms with Crippen LogP contribution in [0.25, 0.3) is 0 Å². The van der Waals surface area contributed by atoms with Gasteiger partial charge in [-0.1, -0.05) is 0 Å². The molecule has 0 spiro atoms. The van der Waals surface area contributed by atoms with Gasteiger partial charge in [0.15, 0.2) is 0 Å². The lowest BCUT2D eigenvalue weighted by Gasteiger charge is -2.35. The number of ether oxygens (including phenoxy) is 3. The summed E-state index contributed by atoms with van der Waals surface area (Å²) in [4.78, 5) is 10.6. The van der Waals surface area contributed by atoms with Gasteiger partial charge in [-0.25, -0.2) is 13.9 Å². The Morgan fingerprint density at radius 2 is 1.24 bits per heavy atom. The van der Waals surface area contributed by atoms with Crippen molar-refractivity contribution >= 4 is 5.97 Å². The van der Waals surface area contributed by atoms with E-state index in [-0.39, 0.29) is 0 Å². The molecule has 5 nitrogen and oxygen atoms in total. The molecule has 0 amide bonds. The minimum Gasteiger partial charge on any atom is -0.478 e. The van der Waals surface area contributed by atoms with Crippen molar-refractivity contribution in [2.24, 2.45) is 0 Å². The van der Waals surface area contributed by atoms with Gasteiger partial charge in [0.2, 0.25) is 0 Å². The van der Waals surface area contributed by atoms with E-state index >= 15 is 0 Å². The van der Waals surface area contributed by atoms with Crippen molar-refractivity contribution in [2.45, 2.75) is 42.9 Å². The third-order valence-electron chi connectivity index (χ3n) is 3.19. The molecule has 33 heavy (non-hydrogen) atoms. The number of aromatic carboxylic acids is 1. The predicted octanol–water partition coefficient (Wildman–Crippen LogP) is 5.66. The molecule has 0 radical (unpaired) electrons. The lowest BCUT2D eigenvalue weighted by Crippen LogP contribution is -2.61. The minimum atomic E-state index is -7.53. The van der Waals surface area contributed by atoms with Crippen LogP contribution in [-0.4, -0.2) is 54.0 Å². The topological polar surface area (TPSA) is 65.0 Å². The number of alkyl halides is 14. The molecule has 0 heterocycles. The Bertz CT molecular complexity index is 834. The highest BCUT2D eigenvalue weighted by molar-refractivity contribution is 5.87. The van der Waals surface area contributed by atoms with Crippen LogP contribution in [0.4, 0.5) is 61.5 Å². The quantitative estimate of drug-likeness (QED) is 0.337. The van der Waals surface area contributed by atoms with Crippen LogP contribution < -0.4 is 4.74 Å². The number of benzene rings is 1. The van der Waals surface area contributed by atoms with Crippen LogP contribution in [0, 0.1) is 0 Å². The van der Waals surface area contributed by atoms with E-state index in [1.165, 1.54) is 0 Å². The van der Waals surface area contributed by atoms with Gasteiger partial charge in [-0.3, -0.25) is 4.74 Å². The number of rotatable bonds is 9. The first-order chi connectivity index (χ1) is 14.5. The number of hydrogen-bond acceptors (Lipinski definition) is 4. The highest BCUT2D eigenvalue weighted by atomic mass is 19.4. The van der Waals surface area contributed by atoms with Crippen LogP contribution in [0.5, 0.6) is 5.75 Å². The first kappa shape index (κ1) is 28.5. The molecule has 0 aromatic heterocycles. The average Bonchev–Trinajstić information content (AvgIpc) is 2.59. The molecule has 1 aromatic rings. The Morgan fingerprint density at radius 1 is 0.788 bits per heavy atom. The summed E-state index contributed by atoms with van der Waals surface area (Å²) >= 11 is 0. The van der Waals surface area contributed by atoms with Crippen molar-refractivity contribution in [3.05, 3.63) is 29.8 Å². The molecule has 0 fully saturated rings.